The van der Waals surface area contributed by atoms with Crippen molar-refractivity contribution in [3.63, 3.8) is 0 Å². The van der Waals surface area contributed by atoms with Crippen molar-refractivity contribution in [3.8, 4) is 11.1 Å². The minimum atomic E-state index is 0.799. The lowest BCUT2D eigenvalue weighted by molar-refractivity contribution is 0.727. The first-order chi connectivity index (χ1) is 8.70. The van der Waals surface area contributed by atoms with Gasteiger partial charge in [-0.3, -0.25) is 0 Å². The number of benzene rings is 2. The molecule has 0 bridgehead atoms. The Bertz CT molecular complexity index is 523. The van der Waals surface area contributed by atoms with Crippen LogP contribution in [0.3, 0.4) is 0 Å². The van der Waals surface area contributed by atoms with E-state index in [1.54, 1.807) is 0 Å². The van der Waals surface area contributed by atoms with Crippen molar-refractivity contribution < 1.29 is 0 Å². The molecular weight excluding hydrogens is 310 g/mol. The third kappa shape index (κ3) is 3.35. The highest BCUT2D eigenvalue weighted by atomic mass is 79.9. The Hall–Kier alpha value is -0.830. The van der Waals surface area contributed by atoms with Gasteiger partial charge >= 0.3 is 0 Å². The maximum absolute atomic E-state index is 6.34. The Labute approximate surface area is 121 Å². The average Bonchev–Trinajstić information content (AvgIpc) is 2.38. The molecule has 2 rings (SSSR count). The zero-order chi connectivity index (χ0) is 13.0. The highest BCUT2D eigenvalue weighted by Gasteiger charge is 2.04. The lowest BCUT2D eigenvalue weighted by Gasteiger charge is -2.08. The number of rotatable bonds is 4. The molecule has 0 radical (unpaired) electrons. The first-order valence-electron chi connectivity index (χ1n) is 5.96. The highest BCUT2D eigenvalue weighted by Crippen LogP contribution is 2.29. The number of hydrogen-bond donors (Lipinski definition) is 1. The van der Waals surface area contributed by atoms with Gasteiger partial charge in [-0.05, 0) is 35.9 Å². The Kier molecular flexibility index (Phi) is 4.81. The van der Waals surface area contributed by atoms with Gasteiger partial charge in [-0.25, -0.2) is 0 Å². The van der Waals surface area contributed by atoms with E-state index in [1.165, 1.54) is 5.56 Å². The summed E-state index contributed by atoms with van der Waals surface area (Å²) in [5.41, 5.74) is 3.42. The Morgan fingerprint density at radius 2 is 1.83 bits per heavy atom. The molecule has 0 spiro atoms. The van der Waals surface area contributed by atoms with Crippen molar-refractivity contribution in [1.29, 1.82) is 0 Å². The van der Waals surface area contributed by atoms with E-state index in [2.05, 4.69) is 52.4 Å². The summed E-state index contributed by atoms with van der Waals surface area (Å²) in [5, 5.41) is 4.09. The second-order valence-electron chi connectivity index (χ2n) is 4.10. The zero-order valence-electron chi connectivity index (χ0n) is 10.2. The molecule has 2 aromatic rings. The quantitative estimate of drug-likeness (QED) is 0.845. The summed E-state index contributed by atoms with van der Waals surface area (Å²) < 4.78 is 1.08. The van der Waals surface area contributed by atoms with Crippen LogP contribution in [0.2, 0.25) is 5.02 Å². The molecule has 0 aromatic heterocycles. The summed E-state index contributed by atoms with van der Waals surface area (Å²) in [7, 11) is 0. The second kappa shape index (κ2) is 6.37. The van der Waals surface area contributed by atoms with E-state index < -0.39 is 0 Å². The molecule has 1 N–H and O–H groups in total. The number of halogens is 2. The summed E-state index contributed by atoms with van der Waals surface area (Å²) in [6.07, 6.45) is 0. The predicted molar refractivity (Wildman–Crippen MR) is 82.0 cm³/mol. The van der Waals surface area contributed by atoms with Crippen molar-refractivity contribution in [2.75, 3.05) is 6.54 Å². The molecule has 0 heterocycles. The third-order valence-corrected chi connectivity index (χ3v) is 3.61. The van der Waals surface area contributed by atoms with Crippen LogP contribution < -0.4 is 5.32 Å². The lowest BCUT2D eigenvalue weighted by Crippen LogP contribution is -2.11. The van der Waals surface area contributed by atoms with Crippen LogP contribution in [0.5, 0.6) is 0 Å². The maximum Gasteiger partial charge on any atom is 0.0487 e. The molecule has 0 atom stereocenters. The van der Waals surface area contributed by atoms with E-state index in [-0.39, 0.29) is 0 Å². The van der Waals surface area contributed by atoms with Crippen LogP contribution in [0.25, 0.3) is 11.1 Å². The first kappa shape index (κ1) is 13.6. The molecule has 0 aliphatic carbocycles. The van der Waals surface area contributed by atoms with E-state index >= 15 is 0 Å². The largest absolute Gasteiger partial charge is 0.313 e. The van der Waals surface area contributed by atoms with Crippen molar-refractivity contribution in [3.05, 3.63) is 57.5 Å². The monoisotopic (exact) mass is 323 g/mol. The van der Waals surface area contributed by atoms with Crippen LogP contribution in [0.1, 0.15) is 12.5 Å². The highest BCUT2D eigenvalue weighted by molar-refractivity contribution is 9.10. The third-order valence-electron chi connectivity index (χ3n) is 2.77. The Morgan fingerprint density at radius 3 is 2.44 bits per heavy atom. The van der Waals surface area contributed by atoms with Gasteiger partial charge in [0.15, 0.2) is 0 Å². The molecule has 0 unspecified atom stereocenters. The van der Waals surface area contributed by atoms with Crippen molar-refractivity contribution >= 4 is 27.5 Å². The Morgan fingerprint density at radius 1 is 1.11 bits per heavy atom. The van der Waals surface area contributed by atoms with E-state index in [0.717, 1.165) is 33.7 Å². The SMILES string of the molecule is CCNCc1ccc(-c2ccc(Br)cc2)c(Cl)c1. The zero-order valence-corrected chi connectivity index (χ0v) is 12.6. The summed E-state index contributed by atoms with van der Waals surface area (Å²) >= 11 is 9.78. The van der Waals surface area contributed by atoms with Gasteiger partial charge in [-0.2, -0.15) is 0 Å². The number of nitrogens with one attached hydrogen (secondary N) is 1. The van der Waals surface area contributed by atoms with Gasteiger partial charge in [0.25, 0.3) is 0 Å². The van der Waals surface area contributed by atoms with Crippen LogP contribution >= 0.6 is 27.5 Å². The molecule has 94 valence electrons. The van der Waals surface area contributed by atoms with Crippen LogP contribution in [-0.2, 0) is 6.54 Å². The van der Waals surface area contributed by atoms with Gasteiger partial charge in [-0.15, -0.1) is 0 Å². The summed E-state index contributed by atoms with van der Waals surface area (Å²) in [5.74, 6) is 0. The van der Waals surface area contributed by atoms with E-state index in [4.69, 9.17) is 11.6 Å². The van der Waals surface area contributed by atoms with Gasteiger partial charge in [0.1, 0.15) is 0 Å². The van der Waals surface area contributed by atoms with Crippen LogP contribution in [-0.4, -0.2) is 6.54 Å². The van der Waals surface area contributed by atoms with Crippen molar-refractivity contribution in [2.24, 2.45) is 0 Å². The van der Waals surface area contributed by atoms with Crippen molar-refractivity contribution in [2.45, 2.75) is 13.5 Å². The fraction of sp³-hybridized carbons (Fsp3) is 0.200. The van der Waals surface area contributed by atoms with Crippen LogP contribution in [0.15, 0.2) is 46.9 Å². The molecule has 0 aliphatic heterocycles. The minimum Gasteiger partial charge on any atom is -0.313 e. The summed E-state index contributed by atoms with van der Waals surface area (Å²) in [6, 6.07) is 14.4. The molecule has 18 heavy (non-hydrogen) atoms. The smallest absolute Gasteiger partial charge is 0.0487 e. The van der Waals surface area contributed by atoms with Gasteiger partial charge in [0.05, 0.1) is 0 Å². The molecule has 2 aromatic carbocycles. The lowest BCUT2D eigenvalue weighted by atomic mass is 10.0. The molecule has 0 fully saturated rings. The predicted octanol–water partition coefficient (Wildman–Crippen LogP) is 4.88. The molecule has 1 nitrogen and oxygen atoms in total. The van der Waals surface area contributed by atoms with E-state index in [1.807, 2.05) is 18.2 Å². The maximum atomic E-state index is 6.34. The van der Waals surface area contributed by atoms with E-state index in [9.17, 15) is 0 Å². The standard InChI is InChI=1S/C15H15BrClN/c1-2-18-10-11-3-8-14(15(17)9-11)12-4-6-13(16)7-5-12/h3-9,18H,2,10H2,1H3. The molecule has 0 saturated heterocycles. The fourth-order valence-corrected chi connectivity index (χ4v) is 2.38. The average molecular weight is 325 g/mol. The van der Waals surface area contributed by atoms with Crippen LogP contribution in [0.4, 0.5) is 0 Å². The van der Waals surface area contributed by atoms with Gasteiger partial charge in [0, 0.05) is 21.6 Å². The Balaban J connectivity index is 2.26. The molecule has 0 saturated carbocycles. The normalized spacial score (nSPS) is 10.6. The van der Waals surface area contributed by atoms with Crippen LogP contribution in [0, 0.1) is 0 Å². The molecule has 0 amide bonds. The molecular formula is C15H15BrClN. The topological polar surface area (TPSA) is 12.0 Å². The molecule has 3 heteroatoms. The number of hydrogen-bond acceptors (Lipinski definition) is 1. The molecule has 0 aliphatic rings. The van der Waals surface area contributed by atoms with Crippen molar-refractivity contribution in [1.82, 2.24) is 5.32 Å². The first-order valence-corrected chi connectivity index (χ1v) is 7.13. The van der Waals surface area contributed by atoms with E-state index in [0.29, 0.717) is 0 Å². The summed E-state index contributed by atoms with van der Waals surface area (Å²) in [6.45, 7) is 3.92. The second-order valence-corrected chi connectivity index (χ2v) is 5.42. The van der Waals surface area contributed by atoms with Gasteiger partial charge in [-0.1, -0.05) is 58.7 Å². The van der Waals surface area contributed by atoms with Gasteiger partial charge < -0.3 is 5.32 Å². The fourth-order valence-electron chi connectivity index (χ4n) is 1.80. The summed E-state index contributed by atoms with van der Waals surface area (Å²) in [4.78, 5) is 0. The minimum absolute atomic E-state index is 0.799. The van der Waals surface area contributed by atoms with Gasteiger partial charge in [0.2, 0.25) is 0 Å².